The highest BCUT2D eigenvalue weighted by molar-refractivity contribution is 5.97. The van der Waals surface area contributed by atoms with Crippen LogP contribution < -0.4 is 0 Å². The largest absolute Gasteiger partial charge is 0.464 e. The minimum Gasteiger partial charge on any atom is -0.464 e. The van der Waals surface area contributed by atoms with Crippen LogP contribution in [-0.4, -0.2) is 36.0 Å². The zero-order chi connectivity index (χ0) is 16.9. The van der Waals surface area contributed by atoms with E-state index in [2.05, 4.69) is 0 Å². The summed E-state index contributed by atoms with van der Waals surface area (Å²) in [5.41, 5.74) is 2.78. The molecule has 3 rings (SSSR count). The summed E-state index contributed by atoms with van der Waals surface area (Å²) < 4.78 is 5.09. The van der Waals surface area contributed by atoms with E-state index in [4.69, 9.17) is 4.74 Å². The molecule has 2 aromatic rings. The smallest absolute Gasteiger partial charge is 0.328 e. The van der Waals surface area contributed by atoms with E-state index in [1.165, 1.54) is 0 Å². The molecule has 1 heterocycles. The van der Waals surface area contributed by atoms with E-state index in [-0.39, 0.29) is 11.9 Å². The predicted molar refractivity (Wildman–Crippen MR) is 92.6 cm³/mol. The first-order valence-electron chi connectivity index (χ1n) is 8.34. The fourth-order valence-corrected chi connectivity index (χ4v) is 3.09. The predicted octanol–water partition coefficient (Wildman–Crippen LogP) is 3.52. The first kappa shape index (κ1) is 16.2. The Morgan fingerprint density at radius 2 is 1.71 bits per heavy atom. The van der Waals surface area contributed by atoms with Crippen LogP contribution in [0.3, 0.4) is 0 Å². The van der Waals surface area contributed by atoms with E-state index in [1.54, 1.807) is 11.8 Å². The second kappa shape index (κ2) is 7.30. The summed E-state index contributed by atoms with van der Waals surface area (Å²) in [5.74, 6) is -0.408. The molecule has 0 spiro atoms. The molecular formula is C20H21NO3. The Morgan fingerprint density at radius 3 is 2.38 bits per heavy atom. The molecule has 1 atom stereocenters. The van der Waals surface area contributed by atoms with Crippen LogP contribution in [0, 0.1) is 0 Å². The molecule has 0 aromatic heterocycles. The number of ether oxygens (including phenoxy) is 1. The Kier molecular flexibility index (Phi) is 4.94. The van der Waals surface area contributed by atoms with Gasteiger partial charge in [0, 0.05) is 12.1 Å². The van der Waals surface area contributed by atoms with E-state index in [9.17, 15) is 9.59 Å². The van der Waals surface area contributed by atoms with Crippen LogP contribution in [0.4, 0.5) is 0 Å². The van der Waals surface area contributed by atoms with E-state index >= 15 is 0 Å². The maximum absolute atomic E-state index is 12.7. The highest BCUT2D eigenvalue weighted by Crippen LogP contribution is 2.23. The number of rotatable bonds is 4. The van der Waals surface area contributed by atoms with Crippen molar-refractivity contribution in [1.82, 2.24) is 4.90 Å². The molecule has 1 aliphatic rings. The number of benzene rings is 2. The van der Waals surface area contributed by atoms with Gasteiger partial charge in [0.2, 0.25) is 0 Å². The molecule has 1 saturated heterocycles. The van der Waals surface area contributed by atoms with E-state index in [1.807, 2.05) is 54.6 Å². The van der Waals surface area contributed by atoms with Crippen LogP contribution in [0.15, 0.2) is 54.6 Å². The molecule has 24 heavy (non-hydrogen) atoms. The van der Waals surface area contributed by atoms with Gasteiger partial charge in [0.05, 0.1) is 6.61 Å². The van der Waals surface area contributed by atoms with Gasteiger partial charge >= 0.3 is 5.97 Å². The van der Waals surface area contributed by atoms with Crippen LogP contribution in [0.2, 0.25) is 0 Å². The Balaban J connectivity index is 1.76. The zero-order valence-corrected chi connectivity index (χ0v) is 13.8. The summed E-state index contributed by atoms with van der Waals surface area (Å²) in [6.45, 7) is 2.72. The lowest BCUT2D eigenvalue weighted by Crippen LogP contribution is -2.41. The summed E-state index contributed by atoms with van der Waals surface area (Å²) in [6, 6.07) is 17.1. The highest BCUT2D eigenvalue weighted by atomic mass is 16.5. The molecule has 0 radical (unpaired) electrons. The van der Waals surface area contributed by atoms with Crippen LogP contribution in [0.1, 0.15) is 30.1 Å². The second-order valence-electron chi connectivity index (χ2n) is 5.85. The van der Waals surface area contributed by atoms with E-state index in [0.717, 1.165) is 17.5 Å². The molecule has 1 fully saturated rings. The Hall–Kier alpha value is -2.62. The third-order valence-corrected chi connectivity index (χ3v) is 4.31. The lowest BCUT2D eigenvalue weighted by Gasteiger charge is -2.23. The van der Waals surface area contributed by atoms with Crippen molar-refractivity contribution in [2.75, 3.05) is 13.2 Å². The molecule has 0 bridgehead atoms. The number of likely N-dealkylation sites (tertiary alicyclic amines) is 1. The van der Waals surface area contributed by atoms with Gasteiger partial charge in [-0.05, 0) is 43.0 Å². The van der Waals surface area contributed by atoms with Gasteiger partial charge < -0.3 is 9.64 Å². The van der Waals surface area contributed by atoms with E-state index in [0.29, 0.717) is 25.1 Å². The summed E-state index contributed by atoms with van der Waals surface area (Å²) in [5, 5.41) is 0. The molecule has 124 valence electrons. The van der Waals surface area contributed by atoms with Gasteiger partial charge in [0.1, 0.15) is 6.04 Å². The molecule has 0 N–H and O–H groups in total. The third-order valence-electron chi connectivity index (χ3n) is 4.31. The van der Waals surface area contributed by atoms with Crippen molar-refractivity contribution in [3.05, 3.63) is 60.2 Å². The standard InChI is InChI=1S/C20H21NO3/c1-2-24-20(23)18-9-6-14-21(18)19(22)17-12-10-16(11-13-17)15-7-4-3-5-8-15/h3-5,7-8,10-13,18H,2,6,9,14H2,1H3. The van der Waals surface area contributed by atoms with Gasteiger partial charge in [-0.25, -0.2) is 4.79 Å². The number of carbonyl (C=O) groups is 2. The van der Waals surface area contributed by atoms with Crippen LogP contribution in [0.25, 0.3) is 11.1 Å². The van der Waals surface area contributed by atoms with Gasteiger partial charge in [0.25, 0.3) is 5.91 Å². The number of esters is 1. The number of nitrogens with zero attached hydrogens (tertiary/aromatic N) is 1. The van der Waals surface area contributed by atoms with E-state index < -0.39 is 6.04 Å². The van der Waals surface area contributed by atoms with Crippen molar-refractivity contribution in [1.29, 1.82) is 0 Å². The number of amides is 1. The number of carbonyl (C=O) groups excluding carboxylic acids is 2. The van der Waals surface area contributed by atoms with Gasteiger partial charge in [-0.2, -0.15) is 0 Å². The van der Waals surface area contributed by atoms with Crippen molar-refractivity contribution < 1.29 is 14.3 Å². The fraction of sp³-hybridized carbons (Fsp3) is 0.300. The molecule has 0 aliphatic carbocycles. The highest BCUT2D eigenvalue weighted by Gasteiger charge is 2.35. The lowest BCUT2D eigenvalue weighted by molar-refractivity contribution is -0.147. The summed E-state index contributed by atoms with van der Waals surface area (Å²) in [6.07, 6.45) is 1.50. The van der Waals surface area contributed by atoms with Gasteiger partial charge in [0.15, 0.2) is 0 Å². The quantitative estimate of drug-likeness (QED) is 0.809. The molecule has 1 amide bonds. The second-order valence-corrected chi connectivity index (χ2v) is 5.85. The molecule has 1 unspecified atom stereocenters. The number of hydrogen-bond donors (Lipinski definition) is 0. The van der Waals surface area contributed by atoms with Gasteiger partial charge in [-0.3, -0.25) is 4.79 Å². The van der Waals surface area contributed by atoms with Crippen molar-refractivity contribution in [3.63, 3.8) is 0 Å². The number of hydrogen-bond acceptors (Lipinski definition) is 3. The minimum atomic E-state index is -0.453. The summed E-state index contributed by atoms with van der Waals surface area (Å²) in [7, 11) is 0. The Labute approximate surface area is 142 Å². The Bertz CT molecular complexity index is 709. The monoisotopic (exact) mass is 323 g/mol. The van der Waals surface area contributed by atoms with Gasteiger partial charge in [-0.15, -0.1) is 0 Å². The van der Waals surface area contributed by atoms with Crippen molar-refractivity contribution in [2.45, 2.75) is 25.8 Å². The van der Waals surface area contributed by atoms with Gasteiger partial charge in [-0.1, -0.05) is 42.5 Å². The first-order valence-corrected chi connectivity index (χ1v) is 8.34. The van der Waals surface area contributed by atoms with Crippen LogP contribution >= 0.6 is 0 Å². The lowest BCUT2D eigenvalue weighted by atomic mass is 10.0. The topological polar surface area (TPSA) is 46.6 Å². The molecular weight excluding hydrogens is 302 g/mol. The molecule has 0 saturated carbocycles. The SMILES string of the molecule is CCOC(=O)C1CCCN1C(=O)c1ccc(-c2ccccc2)cc1. The van der Waals surface area contributed by atoms with Crippen molar-refractivity contribution >= 4 is 11.9 Å². The third kappa shape index (κ3) is 3.32. The fourth-order valence-electron chi connectivity index (χ4n) is 3.09. The molecule has 2 aromatic carbocycles. The maximum atomic E-state index is 12.7. The van der Waals surface area contributed by atoms with Crippen LogP contribution in [0.5, 0.6) is 0 Å². The molecule has 4 heteroatoms. The summed E-state index contributed by atoms with van der Waals surface area (Å²) in [4.78, 5) is 26.4. The average molecular weight is 323 g/mol. The summed E-state index contributed by atoms with van der Waals surface area (Å²) >= 11 is 0. The average Bonchev–Trinajstić information content (AvgIpc) is 3.12. The molecule has 1 aliphatic heterocycles. The minimum absolute atomic E-state index is 0.106. The van der Waals surface area contributed by atoms with Crippen LogP contribution in [-0.2, 0) is 9.53 Å². The maximum Gasteiger partial charge on any atom is 0.328 e. The first-order chi connectivity index (χ1) is 11.7. The Morgan fingerprint density at radius 1 is 1.04 bits per heavy atom. The zero-order valence-electron chi connectivity index (χ0n) is 13.8. The molecule has 4 nitrogen and oxygen atoms in total. The normalized spacial score (nSPS) is 16.9. The van der Waals surface area contributed by atoms with Crippen molar-refractivity contribution in [2.24, 2.45) is 0 Å². The van der Waals surface area contributed by atoms with Crippen molar-refractivity contribution in [3.8, 4) is 11.1 Å².